The van der Waals surface area contributed by atoms with E-state index in [-0.39, 0.29) is 6.03 Å². The van der Waals surface area contributed by atoms with Crippen molar-refractivity contribution < 1.29 is 9.21 Å². The van der Waals surface area contributed by atoms with E-state index in [2.05, 4.69) is 20.3 Å². The van der Waals surface area contributed by atoms with E-state index in [0.717, 1.165) is 5.69 Å². The van der Waals surface area contributed by atoms with E-state index < -0.39 is 0 Å². The molecule has 0 radical (unpaired) electrons. The number of rotatable bonds is 4. The summed E-state index contributed by atoms with van der Waals surface area (Å²) in [4.78, 5) is 26.4. The molecule has 1 N–H and O–H groups in total. The molecule has 2 aromatic heterocycles. The summed E-state index contributed by atoms with van der Waals surface area (Å²) in [7, 11) is 1.74. The lowest BCUT2D eigenvalue weighted by Gasteiger charge is -2.17. The Hall–Kier alpha value is -2.96. The fourth-order valence-electron chi connectivity index (χ4n) is 2.21. The monoisotopic (exact) mass is 311 g/mol. The van der Waals surface area contributed by atoms with Gasteiger partial charge in [-0.1, -0.05) is 6.07 Å². The number of fused-ring (bicyclic) bond motifs is 1. The summed E-state index contributed by atoms with van der Waals surface area (Å²) in [6.07, 6.45) is 5.61. The molecule has 23 heavy (non-hydrogen) atoms. The number of anilines is 1. The third-order valence-corrected chi connectivity index (χ3v) is 3.43. The molecule has 3 aromatic rings. The molecule has 0 aliphatic rings. The topological polar surface area (TPSA) is 84.2 Å². The van der Waals surface area contributed by atoms with Crippen molar-refractivity contribution in [3.8, 4) is 0 Å². The second-order valence-corrected chi connectivity index (χ2v) is 5.18. The van der Waals surface area contributed by atoms with Gasteiger partial charge in [0.2, 0.25) is 0 Å². The van der Waals surface area contributed by atoms with Gasteiger partial charge in [0.15, 0.2) is 11.5 Å². The molecule has 2 amide bonds. The van der Waals surface area contributed by atoms with Crippen LogP contribution in [0.1, 0.15) is 11.6 Å². The molecule has 118 valence electrons. The smallest absolute Gasteiger partial charge is 0.321 e. The van der Waals surface area contributed by atoms with Crippen LogP contribution in [0.25, 0.3) is 11.1 Å². The van der Waals surface area contributed by atoms with Crippen molar-refractivity contribution >= 4 is 22.8 Å². The largest absolute Gasteiger partial charge is 0.441 e. The molecule has 0 saturated carbocycles. The van der Waals surface area contributed by atoms with Crippen LogP contribution in [0.5, 0.6) is 0 Å². The Labute approximate surface area is 133 Å². The number of oxazole rings is 1. The normalized spacial score (nSPS) is 10.7. The minimum Gasteiger partial charge on any atom is -0.441 e. The SMILES string of the molecule is Cc1nc2c(NC(=O)N(C)CCc3cnccn3)cccc2o1. The first kappa shape index (κ1) is 15.0. The van der Waals surface area contributed by atoms with Crippen LogP contribution in [-0.4, -0.2) is 39.5 Å². The summed E-state index contributed by atoms with van der Waals surface area (Å²) in [5, 5.41) is 2.86. The summed E-state index contributed by atoms with van der Waals surface area (Å²) in [5.74, 6) is 0.567. The first-order valence-electron chi connectivity index (χ1n) is 7.26. The highest BCUT2D eigenvalue weighted by molar-refractivity contribution is 5.98. The minimum atomic E-state index is -0.206. The van der Waals surface area contributed by atoms with Crippen LogP contribution in [0.15, 0.2) is 41.2 Å². The number of nitrogens with one attached hydrogen (secondary N) is 1. The molecular formula is C16H17N5O2. The number of aryl methyl sites for hydroxylation is 1. The number of para-hydroxylation sites is 1. The fourth-order valence-corrected chi connectivity index (χ4v) is 2.21. The van der Waals surface area contributed by atoms with E-state index in [0.29, 0.717) is 35.6 Å². The fraction of sp³-hybridized carbons (Fsp3) is 0.250. The Bertz CT molecular complexity index is 816. The molecule has 7 nitrogen and oxygen atoms in total. The maximum absolute atomic E-state index is 12.3. The van der Waals surface area contributed by atoms with Crippen molar-refractivity contribution in [2.75, 3.05) is 18.9 Å². The van der Waals surface area contributed by atoms with Gasteiger partial charge in [-0.05, 0) is 12.1 Å². The number of urea groups is 1. The van der Waals surface area contributed by atoms with Crippen LogP contribution in [0.3, 0.4) is 0 Å². The Morgan fingerprint density at radius 2 is 2.22 bits per heavy atom. The van der Waals surface area contributed by atoms with Gasteiger partial charge in [0.1, 0.15) is 5.52 Å². The predicted molar refractivity (Wildman–Crippen MR) is 86.1 cm³/mol. The summed E-state index contributed by atoms with van der Waals surface area (Å²) in [6, 6.07) is 5.24. The van der Waals surface area contributed by atoms with E-state index in [1.54, 1.807) is 43.5 Å². The molecule has 7 heteroatoms. The van der Waals surface area contributed by atoms with Gasteiger partial charge in [0, 0.05) is 45.5 Å². The molecular weight excluding hydrogens is 294 g/mol. The van der Waals surface area contributed by atoms with Crippen molar-refractivity contribution in [1.82, 2.24) is 19.9 Å². The number of likely N-dealkylation sites (N-methyl/N-ethyl adjacent to an activating group) is 1. The predicted octanol–water partition coefficient (Wildman–Crippen LogP) is 2.63. The number of aromatic nitrogens is 3. The number of hydrogen-bond acceptors (Lipinski definition) is 5. The Kier molecular flexibility index (Phi) is 4.18. The first-order chi connectivity index (χ1) is 11.1. The summed E-state index contributed by atoms with van der Waals surface area (Å²) in [6.45, 7) is 2.32. The number of carbonyl (C=O) groups is 1. The van der Waals surface area contributed by atoms with Crippen LogP contribution >= 0.6 is 0 Å². The van der Waals surface area contributed by atoms with Crippen molar-refractivity contribution in [3.63, 3.8) is 0 Å². The van der Waals surface area contributed by atoms with E-state index in [4.69, 9.17) is 4.42 Å². The van der Waals surface area contributed by atoms with Gasteiger partial charge in [-0.15, -0.1) is 0 Å². The number of carbonyl (C=O) groups excluding carboxylic acids is 1. The van der Waals surface area contributed by atoms with Crippen molar-refractivity contribution in [1.29, 1.82) is 0 Å². The zero-order chi connectivity index (χ0) is 16.2. The van der Waals surface area contributed by atoms with Crippen LogP contribution in [0.4, 0.5) is 10.5 Å². The molecule has 0 aliphatic heterocycles. The van der Waals surface area contributed by atoms with E-state index >= 15 is 0 Å². The lowest BCUT2D eigenvalue weighted by molar-refractivity contribution is 0.223. The second kappa shape index (κ2) is 6.43. The highest BCUT2D eigenvalue weighted by Gasteiger charge is 2.13. The van der Waals surface area contributed by atoms with Gasteiger partial charge >= 0.3 is 6.03 Å². The van der Waals surface area contributed by atoms with Crippen molar-refractivity contribution in [2.24, 2.45) is 0 Å². The molecule has 3 rings (SSSR count). The maximum Gasteiger partial charge on any atom is 0.321 e. The van der Waals surface area contributed by atoms with Crippen molar-refractivity contribution in [2.45, 2.75) is 13.3 Å². The quantitative estimate of drug-likeness (QED) is 0.800. The molecule has 0 saturated heterocycles. The maximum atomic E-state index is 12.3. The van der Waals surface area contributed by atoms with Gasteiger partial charge < -0.3 is 14.6 Å². The second-order valence-electron chi connectivity index (χ2n) is 5.18. The summed E-state index contributed by atoms with van der Waals surface area (Å²) in [5.41, 5.74) is 2.79. The zero-order valence-corrected chi connectivity index (χ0v) is 13.0. The third-order valence-electron chi connectivity index (χ3n) is 3.43. The molecule has 2 heterocycles. The number of hydrogen-bond donors (Lipinski definition) is 1. The van der Waals surface area contributed by atoms with Crippen LogP contribution in [-0.2, 0) is 6.42 Å². The van der Waals surface area contributed by atoms with Crippen LogP contribution in [0, 0.1) is 6.92 Å². The number of benzene rings is 1. The van der Waals surface area contributed by atoms with Gasteiger partial charge in [-0.25, -0.2) is 9.78 Å². The number of amides is 2. The first-order valence-corrected chi connectivity index (χ1v) is 7.26. The van der Waals surface area contributed by atoms with Gasteiger partial charge in [-0.3, -0.25) is 9.97 Å². The van der Waals surface area contributed by atoms with Gasteiger partial charge in [0.25, 0.3) is 0 Å². The standard InChI is InChI=1S/C16H17N5O2/c1-11-19-15-13(4-3-5-14(15)23-11)20-16(22)21(2)9-6-12-10-17-7-8-18-12/h3-5,7-8,10H,6,9H2,1-2H3,(H,20,22). The lowest BCUT2D eigenvalue weighted by Crippen LogP contribution is -2.33. The highest BCUT2D eigenvalue weighted by atomic mass is 16.3. The average molecular weight is 311 g/mol. The van der Waals surface area contributed by atoms with Gasteiger partial charge in [0.05, 0.1) is 11.4 Å². The molecule has 0 atom stereocenters. The summed E-state index contributed by atoms with van der Waals surface area (Å²) >= 11 is 0. The Morgan fingerprint density at radius 1 is 1.35 bits per heavy atom. The van der Waals surface area contributed by atoms with Crippen LogP contribution < -0.4 is 5.32 Å². The Balaban J connectivity index is 1.65. The molecule has 1 aromatic carbocycles. The highest BCUT2D eigenvalue weighted by Crippen LogP contribution is 2.23. The molecule has 0 bridgehead atoms. The average Bonchev–Trinajstić information content (AvgIpc) is 2.95. The van der Waals surface area contributed by atoms with E-state index in [1.165, 1.54) is 0 Å². The van der Waals surface area contributed by atoms with E-state index in [9.17, 15) is 4.79 Å². The molecule has 0 fully saturated rings. The minimum absolute atomic E-state index is 0.206. The van der Waals surface area contributed by atoms with Crippen molar-refractivity contribution in [3.05, 3.63) is 48.4 Å². The molecule has 0 spiro atoms. The number of nitrogens with zero attached hydrogens (tertiary/aromatic N) is 4. The molecule has 0 aliphatic carbocycles. The third kappa shape index (κ3) is 3.45. The Morgan fingerprint density at radius 3 is 3.00 bits per heavy atom. The lowest BCUT2D eigenvalue weighted by atomic mass is 10.3. The van der Waals surface area contributed by atoms with Crippen LogP contribution in [0.2, 0.25) is 0 Å². The zero-order valence-electron chi connectivity index (χ0n) is 13.0. The van der Waals surface area contributed by atoms with Gasteiger partial charge in [-0.2, -0.15) is 0 Å². The molecule has 0 unspecified atom stereocenters. The summed E-state index contributed by atoms with van der Waals surface area (Å²) < 4.78 is 5.46. The van der Waals surface area contributed by atoms with E-state index in [1.807, 2.05) is 12.1 Å².